The number of rotatable bonds is 4. The molecular formula is C19H28FN3O. The summed E-state index contributed by atoms with van der Waals surface area (Å²) in [5, 5.41) is 3.00. The molecular weight excluding hydrogens is 305 g/mol. The summed E-state index contributed by atoms with van der Waals surface area (Å²) in [7, 11) is 1.80. The number of hydrogen-bond donors (Lipinski definition) is 3. The Morgan fingerprint density at radius 2 is 1.50 bits per heavy atom. The molecule has 0 saturated carbocycles. The molecule has 0 radical (unpaired) electrons. The Hall–Kier alpha value is -2.56. The van der Waals surface area contributed by atoms with E-state index in [0.29, 0.717) is 11.3 Å². The standard InChI is InChI=1S/C15H16FN3O.2C2H6/c1-10-7-11(9-14(8-10)17-2)15(20)19-18-13-5-3-12(16)4-6-13;2*1-2/h3-9,17-18H,1-2H3,(H,19,20);2*1-2H3. The number of carbonyl (C=O) groups excluding carboxylic acids is 1. The Morgan fingerprint density at radius 3 is 2.04 bits per heavy atom. The van der Waals surface area contributed by atoms with Gasteiger partial charge in [0.05, 0.1) is 5.69 Å². The van der Waals surface area contributed by atoms with Crippen LogP contribution >= 0.6 is 0 Å². The van der Waals surface area contributed by atoms with Crippen LogP contribution in [0.5, 0.6) is 0 Å². The first-order valence-corrected chi connectivity index (χ1v) is 8.20. The Balaban J connectivity index is 0.00000123. The molecule has 0 atom stereocenters. The molecule has 0 saturated heterocycles. The van der Waals surface area contributed by atoms with Crippen molar-refractivity contribution in [1.82, 2.24) is 5.43 Å². The third-order valence-corrected chi connectivity index (χ3v) is 2.79. The smallest absolute Gasteiger partial charge is 0.269 e. The molecule has 2 aromatic carbocycles. The van der Waals surface area contributed by atoms with Gasteiger partial charge in [0.1, 0.15) is 5.82 Å². The molecule has 0 unspecified atom stereocenters. The van der Waals surface area contributed by atoms with Crippen LogP contribution in [0.3, 0.4) is 0 Å². The fourth-order valence-corrected chi connectivity index (χ4v) is 1.79. The van der Waals surface area contributed by atoms with Crippen molar-refractivity contribution in [3.8, 4) is 0 Å². The number of hydrazine groups is 1. The van der Waals surface area contributed by atoms with Gasteiger partial charge in [-0.15, -0.1) is 0 Å². The summed E-state index contributed by atoms with van der Waals surface area (Å²) in [6, 6.07) is 11.2. The van der Waals surface area contributed by atoms with Crippen molar-refractivity contribution in [2.45, 2.75) is 34.6 Å². The lowest BCUT2D eigenvalue weighted by atomic mass is 10.1. The van der Waals surface area contributed by atoms with Crippen molar-refractivity contribution in [2.24, 2.45) is 0 Å². The molecule has 1 amide bonds. The maximum Gasteiger partial charge on any atom is 0.269 e. The molecule has 132 valence electrons. The van der Waals surface area contributed by atoms with E-state index in [1.165, 1.54) is 12.1 Å². The SMILES string of the molecule is CC.CC.CNc1cc(C)cc(C(=O)NNc2ccc(F)cc2)c1. The summed E-state index contributed by atoms with van der Waals surface area (Å²) in [6.45, 7) is 9.92. The van der Waals surface area contributed by atoms with Gasteiger partial charge in [-0.3, -0.25) is 15.6 Å². The van der Waals surface area contributed by atoms with Crippen molar-refractivity contribution in [3.63, 3.8) is 0 Å². The minimum atomic E-state index is -0.320. The maximum absolute atomic E-state index is 12.8. The van der Waals surface area contributed by atoms with E-state index in [2.05, 4.69) is 16.2 Å². The first kappa shape index (κ1) is 21.4. The van der Waals surface area contributed by atoms with Gasteiger partial charge < -0.3 is 5.32 Å². The van der Waals surface area contributed by atoms with E-state index in [1.54, 1.807) is 31.3 Å². The summed E-state index contributed by atoms with van der Waals surface area (Å²) in [4.78, 5) is 12.0. The van der Waals surface area contributed by atoms with Crippen molar-refractivity contribution in [1.29, 1.82) is 0 Å². The van der Waals surface area contributed by atoms with Gasteiger partial charge in [0, 0.05) is 18.3 Å². The number of halogens is 1. The quantitative estimate of drug-likeness (QED) is 0.691. The minimum Gasteiger partial charge on any atom is -0.388 e. The van der Waals surface area contributed by atoms with Crippen LogP contribution < -0.4 is 16.2 Å². The van der Waals surface area contributed by atoms with Gasteiger partial charge in [-0.05, 0) is 55.0 Å². The van der Waals surface area contributed by atoms with Gasteiger partial charge in [-0.2, -0.15) is 0 Å². The molecule has 0 fully saturated rings. The van der Waals surface area contributed by atoms with E-state index in [-0.39, 0.29) is 11.7 Å². The van der Waals surface area contributed by atoms with Gasteiger partial charge in [-0.25, -0.2) is 4.39 Å². The van der Waals surface area contributed by atoms with Crippen molar-refractivity contribution in [2.75, 3.05) is 17.8 Å². The molecule has 0 heterocycles. The molecule has 0 bridgehead atoms. The monoisotopic (exact) mass is 333 g/mol. The predicted molar refractivity (Wildman–Crippen MR) is 101 cm³/mol. The first-order chi connectivity index (χ1) is 11.6. The second-order valence-corrected chi connectivity index (χ2v) is 4.42. The average molecular weight is 333 g/mol. The largest absolute Gasteiger partial charge is 0.388 e. The maximum atomic E-state index is 12.8. The predicted octanol–water partition coefficient (Wildman–Crippen LogP) is 4.99. The van der Waals surface area contributed by atoms with Crippen LogP contribution in [0.15, 0.2) is 42.5 Å². The van der Waals surface area contributed by atoms with Crippen LogP contribution in [0.2, 0.25) is 0 Å². The van der Waals surface area contributed by atoms with Crippen molar-refractivity contribution in [3.05, 3.63) is 59.4 Å². The second-order valence-electron chi connectivity index (χ2n) is 4.42. The molecule has 2 aromatic rings. The molecule has 5 heteroatoms. The number of benzene rings is 2. The van der Waals surface area contributed by atoms with E-state index in [1.807, 2.05) is 40.7 Å². The molecule has 2 rings (SSSR count). The number of carbonyl (C=O) groups is 1. The highest BCUT2D eigenvalue weighted by molar-refractivity contribution is 5.96. The summed E-state index contributed by atoms with van der Waals surface area (Å²) in [5.41, 5.74) is 8.33. The normalized spacial score (nSPS) is 8.79. The van der Waals surface area contributed by atoms with Gasteiger partial charge in [0.2, 0.25) is 0 Å². The highest BCUT2D eigenvalue weighted by atomic mass is 19.1. The third-order valence-electron chi connectivity index (χ3n) is 2.79. The van der Waals surface area contributed by atoms with Crippen LogP contribution in [0.4, 0.5) is 15.8 Å². The number of anilines is 2. The second kappa shape index (κ2) is 11.9. The van der Waals surface area contributed by atoms with Crippen LogP contribution in [0.25, 0.3) is 0 Å². The zero-order chi connectivity index (χ0) is 18.5. The van der Waals surface area contributed by atoms with E-state index >= 15 is 0 Å². The van der Waals surface area contributed by atoms with Gasteiger partial charge in [-0.1, -0.05) is 27.7 Å². The van der Waals surface area contributed by atoms with E-state index < -0.39 is 0 Å². The summed E-state index contributed by atoms with van der Waals surface area (Å²) < 4.78 is 12.8. The van der Waals surface area contributed by atoms with E-state index in [4.69, 9.17) is 0 Å². The van der Waals surface area contributed by atoms with Crippen LogP contribution in [0.1, 0.15) is 43.6 Å². The van der Waals surface area contributed by atoms with Crippen molar-refractivity contribution >= 4 is 17.3 Å². The van der Waals surface area contributed by atoms with Crippen LogP contribution in [-0.2, 0) is 0 Å². The third kappa shape index (κ3) is 7.13. The number of aryl methyl sites for hydroxylation is 1. The summed E-state index contributed by atoms with van der Waals surface area (Å²) in [5.74, 6) is -0.575. The first-order valence-electron chi connectivity index (χ1n) is 8.20. The Labute approximate surface area is 144 Å². The molecule has 0 aliphatic rings. The molecule has 4 nitrogen and oxygen atoms in total. The molecule has 0 aliphatic heterocycles. The Kier molecular flexibility index (Phi) is 10.7. The van der Waals surface area contributed by atoms with Crippen molar-refractivity contribution < 1.29 is 9.18 Å². The Bertz CT molecular complexity index is 613. The number of hydrogen-bond acceptors (Lipinski definition) is 3. The zero-order valence-electron chi connectivity index (χ0n) is 15.3. The summed E-state index contributed by atoms with van der Waals surface area (Å²) >= 11 is 0. The molecule has 3 N–H and O–H groups in total. The van der Waals surface area contributed by atoms with Gasteiger partial charge >= 0.3 is 0 Å². The average Bonchev–Trinajstić information content (AvgIpc) is 2.63. The lowest BCUT2D eigenvalue weighted by molar-refractivity contribution is 0.0962. The van der Waals surface area contributed by atoms with Gasteiger partial charge in [0.25, 0.3) is 5.91 Å². The van der Waals surface area contributed by atoms with E-state index in [0.717, 1.165) is 11.3 Å². The van der Waals surface area contributed by atoms with Crippen LogP contribution in [-0.4, -0.2) is 13.0 Å². The zero-order valence-corrected chi connectivity index (χ0v) is 15.3. The highest BCUT2D eigenvalue weighted by Gasteiger charge is 2.07. The molecule has 24 heavy (non-hydrogen) atoms. The molecule has 0 aliphatic carbocycles. The van der Waals surface area contributed by atoms with Gasteiger partial charge in [0.15, 0.2) is 0 Å². The topological polar surface area (TPSA) is 53.2 Å². The summed E-state index contributed by atoms with van der Waals surface area (Å²) in [6.07, 6.45) is 0. The van der Waals surface area contributed by atoms with Crippen LogP contribution in [0, 0.1) is 12.7 Å². The highest BCUT2D eigenvalue weighted by Crippen LogP contribution is 2.14. The number of nitrogens with one attached hydrogen (secondary N) is 3. The minimum absolute atomic E-state index is 0.255. The fraction of sp³-hybridized carbons (Fsp3) is 0.316. The van der Waals surface area contributed by atoms with E-state index in [9.17, 15) is 9.18 Å². The lowest BCUT2D eigenvalue weighted by Gasteiger charge is -2.10. The molecule has 0 spiro atoms. The lowest BCUT2D eigenvalue weighted by Crippen LogP contribution is -2.29. The Morgan fingerprint density at radius 1 is 0.917 bits per heavy atom. The fourth-order valence-electron chi connectivity index (χ4n) is 1.79. The molecule has 0 aromatic heterocycles. The number of amides is 1.